The zero-order valence-corrected chi connectivity index (χ0v) is 11.7. The average Bonchev–Trinajstić information content (AvgIpc) is 2.57. The smallest absolute Gasteiger partial charge is 0.153 e. The maximum atomic E-state index is 5.13. The summed E-state index contributed by atoms with van der Waals surface area (Å²) >= 11 is 0. The third kappa shape index (κ3) is 3.17. The van der Waals surface area contributed by atoms with E-state index < -0.39 is 0 Å². The average molecular weight is 277 g/mol. The molecule has 3 aromatic rings. The molecule has 0 unspecified atom stereocenters. The van der Waals surface area contributed by atoms with Crippen LogP contribution in [0.3, 0.4) is 0 Å². The summed E-state index contributed by atoms with van der Waals surface area (Å²) in [5.41, 5.74) is 2.86. The van der Waals surface area contributed by atoms with Gasteiger partial charge in [0.15, 0.2) is 5.82 Å². The van der Waals surface area contributed by atoms with Gasteiger partial charge in [-0.2, -0.15) is 0 Å². The van der Waals surface area contributed by atoms with Crippen LogP contribution in [0, 0.1) is 0 Å². The molecule has 0 aliphatic heterocycles. The van der Waals surface area contributed by atoms with Crippen molar-refractivity contribution in [3.8, 4) is 17.0 Å². The molecule has 1 N–H and O–H groups in total. The fourth-order valence-corrected chi connectivity index (χ4v) is 1.98. The van der Waals surface area contributed by atoms with Crippen molar-refractivity contribution < 1.29 is 4.74 Å². The molecule has 4 heteroatoms. The number of methoxy groups -OCH3 is 1. The van der Waals surface area contributed by atoms with Gasteiger partial charge in [0.05, 0.1) is 12.8 Å². The largest absolute Gasteiger partial charge is 0.497 e. The van der Waals surface area contributed by atoms with Gasteiger partial charge in [0.2, 0.25) is 0 Å². The van der Waals surface area contributed by atoms with Crippen molar-refractivity contribution in [2.45, 2.75) is 0 Å². The van der Waals surface area contributed by atoms with Crippen LogP contribution in [0.5, 0.6) is 5.75 Å². The second-order valence-corrected chi connectivity index (χ2v) is 4.52. The molecule has 4 nitrogen and oxygen atoms in total. The summed E-state index contributed by atoms with van der Waals surface area (Å²) in [5, 5.41) is 11.6. The quantitative estimate of drug-likeness (QED) is 0.785. The number of anilines is 2. The van der Waals surface area contributed by atoms with Gasteiger partial charge in [0.1, 0.15) is 5.75 Å². The van der Waals surface area contributed by atoms with Crippen LogP contribution < -0.4 is 10.1 Å². The van der Waals surface area contributed by atoms with Crippen LogP contribution in [0.4, 0.5) is 11.5 Å². The van der Waals surface area contributed by atoms with E-state index in [0.717, 1.165) is 22.7 Å². The normalized spacial score (nSPS) is 10.1. The predicted octanol–water partition coefficient (Wildman–Crippen LogP) is 3.90. The molecule has 0 fully saturated rings. The molecule has 21 heavy (non-hydrogen) atoms. The first-order valence-electron chi connectivity index (χ1n) is 6.65. The van der Waals surface area contributed by atoms with E-state index in [0.29, 0.717) is 5.82 Å². The highest BCUT2D eigenvalue weighted by atomic mass is 16.5. The second kappa shape index (κ2) is 6.05. The SMILES string of the molecule is COc1ccc(Nc2ccc(-c3ccccc3)nn2)cc1. The summed E-state index contributed by atoms with van der Waals surface area (Å²) < 4.78 is 5.13. The van der Waals surface area contributed by atoms with E-state index in [1.54, 1.807) is 7.11 Å². The molecule has 104 valence electrons. The minimum absolute atomic E-state index is 0.708. The Labute approximate surface area is 123 Å². The van der Waals surface area contributed by atoms with Crippen LogP contribution in [0.2, 0.25) is 0 Å². The van der Waals surface area contributed by atoms with Crippen molar-refractivity contribution in [3.63, 3.8) is 0 Å². The van der Waals surface area contributed by atoms with E-state index in [-0.39, 0.29) is 0 Å². The molecule has 0 saturated heterocycles. The van der Waals surface area contributed by atoms with Gasteiger partial charge in [-0.1, -0.05) is 30.3 Å². The van der Waals surface area contributed by atoms with E-state index in [1.165, 1.54) is 0 Å². The van der Waals surface area contributed by atoms with Crippen molar-refractivity contribution in [1.29, 1.82) is 0 Å². The third-order valence-corrected chi connectivity index (χ3v) is 3.10. The lowest BCUT2D eigenvalue weighted by molar-refractivity contribution is 0.415. The molecule has 1 aromatic heterocycles. The maximum Gasteiger partial charge on any atom is 0.153 e. The molecule has 3 rings (SSSR count). The van der Waals surface area contributed by atoms with E-state index in [4.69, 9.17) is 4.74 Å². The monoisotopic (exact) mass is 277 g/mol. The number of aromatic nitrogens is 2. The number of nitrogens with zero attached hydrogens (tertiary/aromatic N) is 2. The number of hydrogen-bond acceptors (Lipinski definition) is 4. The third-order valence-electron chi connectivity index (χ3n) is 3.10. The van der Waals surface area contributed by atoms with Gasteiger partial charge in [-0.3, -0.25) is 0 Å². The van der Waals surface area contributed by atoms with Gasteiger partial charge in [-0.05, 0) is 36.4 Å². The molecule has 0 bridgehead atoms. The molecule has 0 radical (unpaired) electrons. The minimum atomic E-state index is 0.708. The fraction of sp³-hybridized carbons (Fsp3) is 0.0588. The minimum Gasteiger partial charge on any atom is -0.497 e. The van der Waals surface area contributed by atoms with Crippen LogP contribution in [0.25, 0.3) is 11.3 Å². The lowest BCUT2D eigenvalue weighted by atomic mass is 10.1. The molecule has 0 aliphatic carbocycles. The van der Waals surface area contributed by atoms with E-state index in [2.05, 4.69) is 15.5 Å². The molecule has 0 atom stereocenters. The lowest BCUT2D eigenvalue weighted by Gasteiger charge is -2.06. The highest BCUT2D eigenvalue weighted by Crippen LogP contribution is 2.20. The Hall–Kier alpha value is -2.88. The zero-order chi connectivity index (χ0) is 14.5. The number of ether oxygens (including phenoxy) is 1. The van der Waals surface area contributed by atoms with Crippen LogP contribution in [-0.4, -0.2) is 17.3 Å². The summed E-state index contributed by atoms with van der Waals surface area (Å²) in [7, 11) is 1.65. The highest BCUT2D eigenvalue weighted by Gasteiger charge is 2.01. The Morgan fingerprint density at radius 3 is 2.19 bits per heavy atom. The van der Waals surface area contributed by atoms with Gasteiger partial charge in [0, 0.05) is 11.3 Å². The Morgan fingerprint density at radius 2 is 1.57 bits per heavy atom. The van der Waals surface area contributed by atoms with Gasteiger partial charge in [-0.15, -0.1) is 10.2 Å². The van der Waals surface area contributed by atoms with Crippen molar-refractivity contribution >= 4 is 11.5 Å². The number of rotatable bonds is 4. The first kappa shape index (κ1) is 13.1. The Balaban J connectivity index is 1.75. The highest BCUT2D eigenvalue weighted by molar-refractivity contribution is 5.61. The molecular formula is C17H15N3O. The van der Waals surface area contributed by atoms with E-state index >= 15 is 0 Å². The molecular weight excluding hydrogens is 262 g/mol. The van der Waals surface area contributed by atoms with Crippen LogP contribution >= 0.6 is 0 Å². The second-order valence-electron chi connectivity index (χ2n) is 4.52. The van der Waals surface area contributed by atoms with Crippen LogP contribution in [0.1, 0.15) is 0 Å². The fourth-order valence-electron chi connectivity index (χ4n) is 1.98. The molecule has 2 aromatic carbocycles. The summed E-state index contributed by atoms with van der Waals surface area (Å²) in [5.74, 6) is 1.53. The van der Waals surface area contributed by atoms with E-state index in [1.807, 2.05) is 66.7 Å². The summed E-state index contributed by atoms with van der Waals surface area (Å²) in [6.07, 6.45) is 0. The van der Waals surface area contributed by atoms with Crippen molar-refractivity contribution in [3.05, 3.63) is 66.7 Å². The van der Waals surface area contributed by atoms with Crippen molar-refractivity contribution in [2.75, 3.05) is 12.4 Å². The maximum absolute atomic E-state index is 5.13. The Kier molecular flexibility index (Phi) is 3.78. The Bertz CT molecular complexity index is 694. The summed E-state index contributed by atoms with van der Waals surface area (Å²) in [6, 6.07) is 21.5. The Morgan fingerprint density at radius 1 is 0.810 bits per heavy atom. The van der Waals surface area contributed by atoms with Crippen molar-refractivity contribution in [1.82, 2.24) is 10.2 Å². The van der Waals surface area contributed by atoms with Gasteiger partial charge >= 0.3 is 0 Å². The number of benzene rings is 2. The molecule has 0 aliphatic rings. The van der Waals surface area contributed by atoms with Crippen molar-refractivity contribution in [2.24, 2.45) is 0 Å². The van der Waals surface area contributed by atoms with E-state index in [9.17, 15) is 0 Å². The van der Waals surface area contributed by atoms with Gasteiger partial charge < -0.3 is 10.1 Å². The molecule has 0 amide bonds. The number of nitrogens with one attached hydrogen (secondary N) is 1. The molecule has 1 heterocycles. The van der Waals surface area contributed by atoms with Gasteiger partial charge in [0.25, 0.3) is 0 Å². The summed E-state index contributed by atoms with van der Waals surface area (Å²) in [6.45, 7) is 0. The zero-order valence-electron chi connectivity index (χ0n) is 11.7. The molecule has 0 saturated carbocycles. The first-order chi connectivity index (χ1) is 10.3. The predicted molar refractivity (Wildman–Crippen MR) is 83.7 cm³/mol. The standard InChI is InChI=1S/C17H15N3O/c1-21-15-9-7-14(8-10-15)18-17-12-11-16(19-20-17)13-5-3-2-4-6-13/h2-12H,1H3,(H,18,20). The van der Waals surface area contributed by atoms with Gasteiger partial charge in [-0.25, -0.2) is 0 Å². The van der Waals surface area contributed by atoms with Crippen LogP contribution in [0.15, 0.2) is 66.7 Å². The number of hydrogen-bond donors (Lipinski definition) is 1. The lowest BCUT2D eigenvalue weighted by Crippen LogP contribution is -1.96. The molecule has 0 spiro atoms. The topological polar surface area (TPSA) is 47.0 Å². The van der Waals surface area contributed by atoms with Crippen LogP contribution in [-0.2, 0) is 0 Å². The first-order valence-corrected chi connectivity index (χ1v) is 6.65. The summed E-state index contributed by atoms with van der Waals surface area (Å²) in [4.78, 5) is 0.